The molecule has 6 nitrogen and oxygen atoms in total. The van der Waals surface area contributed by atoms with Gasteiger partial charge in [0.05, 0.1) is 14.2 Å². The number of hydrogen-bond donors (Lipinski definition) is 1. The van der Waals surface area contributed by atoms with Crippen molar-refractivity contribution in [1.82, 2.24) is 4.98 Å². The summed E-state index contributed by atoms with van der Waals surface area (Å²) in [7, 11) is 2.93. The molecule has 0 bridgehead atoms. The molecule has 0 spiro atoms. The average molecular weight is 362 g/mol. The molecule has 1 aliphatic rings. The summed E-state index contributed by atoms with van der Waals surface area (Å²) < 4.78 is 44.1. The predicted octanol–water partition coefficient (Wildman–Crippen LogP) is 3.30. The number of primary amides is 1. The lowest BCUT2D eigenvalue weighted by Crippen LogP contribution is -2.16. The van der Waals surface area contributed by atoms with Crippen molar-refractivity contribution in [2.45, 2.75) is 12.1 Å². The smallest absolute Gasteiger partial charge is 0.271 e. The third-order valence-electron chi connectivity index (χ3n) is 3.95. The number of ether oxygens (including phenoxy) is 2. The van der Waals surface area contributed by atoms with E-state index in [0.29, 0.717) is 17.1 Å². The van der Waals surface area contributed by atoms with Crippen LogP contribution in [-0.4, -0.2) is 31.3 Å². The Hall–Kier alpha value is -3.16. The van der Waals surface area contributed by atoms with E-state index in [1.54, 1.807) is 18.2 Å². The van der Waals surface area contributed by atoms with Gasteiger partial charge >= 0.3 is 0 Å². The largest absolute Gasteiger partial charge is 0.493 e. The van der Waals surface area contributed by atoms with Gasteiger partial charge in [-0.15, -0.1) is 0 Å². The lowest BCUT2D eigenvalue weighted by molar-refractivity contribution is 0.0996. The van der Waals surface area contributed by atoms with Gasteiger partial charge in [0.25, 0.3) is 5.91 Å². The fraction of sp³-hybridized carbons (Fsp3) is 0.222. The van der Waals surface area contributed by atoms with E-state index >= 15 is 0 Å². The Labute approximate surface area is 147 Å². The minimum Gasteiger partial charge on any atom is -0.493 e. The van der Waals surface area contributed by atoms with Crippen LogP contribution in [0, 0.1) is 0 Å². The number of nitrogens with zero attached hydrogens (tertiary/aromatic N) is 1. The molecule has 1 aromatic carbocycles. The van der Waals surface area contributed by atoms with Crippen LogP contribution in [0.5, 0.6) is 11.5 Å². The second-order valence-electron chi connectivity index (χ2n) is 5.52. The third kappa shape index (κ3) is 3.05. The van der Waals surface area contributed by atoms with Crippen LogP contribution in [-0.2, 0) is 0 Å². The summed E-state index contributed by atoms with van der Waals surface area (Å²) in [5, 5.41) is 0. The first kappa shape index (κ1) is 17.7. The summed E-state index contributed by atoms with van der Waals surface area (Å²) in [6.07, 6.45) is 1.89. The minimum absolute atomic E-state index is 0.00278. The third-order valence-corrected chi connectivity index (χ3v) is 3.95. The number of amides is 1. The molecule has 26 heavy (non-hydrogen) atoms. The van der Waals surface area contributed by atoms with Gasteiger partial charge < -0.3 is 19.6 Å². The van der Waals surface area contributed by atoms with Crippen LogP contribution < -0.4 is 15.2 Å². The predicted molar refractivity (Wildman–Crippen MR) is 89.5 cm³/mol. The molecule has 2 N–H and O–H groups in total. The minimum atomic E-state index is -1.67. The summed E-state index contributed by atoms with van der Waals surface area (Å²) in [5.41, 5.74) is 5.54. The Morgan fingerprint density at radius 2 is 2.00 bits per heavy atom. The van der Waals surface area contributed by atoms with Gasteiger partial charge in [-0.1, -0.05) is 6.08 Å². The van der Waals surface area contributed by atoms with Crippen LogP contribution in [0.2, 0.25) is 0 Å². The maximum atomic E-state index is 14.1. The molecule has 0 saturated carbocycles. The van der Waals surface area contributed by atoms with E-state index < -0.39 is 23.8 Å². The number of aromatic nitrogens is 1. The standard InChI is InChI=1S/C18H16F2N2O4/c1-24-12-7-6-9(8-13(12)25-2)16-15(17(21)23)22-18(26-16)14-10(19)4-3-5-11(14)20/h3-8,10,14H,1-2H3,(H2,21,23). The molecule has 2 unspecified atom stereocenters. The number of benzene rings is 1. The van der Waals surface area contributed by atoms with E-state index in [4.69, 9.17) is 19.6 Å². The highest BCUT2D eigenvalue weighted by Gasteiger charge is 2.34. The number of oxazole rings is 1. The highest BCUT2D eigenvalue weighted by molar-refractivity contribution is 5.96. The Bertz CT molecular complexity index is 905. The van der Waals surface area contributed by atoms with Crippen LogP contribution in [0.1, 0.15) is 22.3 Å². The number of allylic oxidation sites excluding steroid dienone is 4. The second-order valence-corrected chi connectivity index (χ2v) is 5.52. The fourth-order valence-electron chi connectivity index (χ4n) is 2.68. The number of carbonyl (C=O) groups excluding carboxylic acids is 1. The number of carbonyl (C=O) groups is 1. The van der Waals surface area contributed by atoms with Gasteiger partial charge in [0.1, 0.15) is 17.9 Å². The van der Waals surface area contributed by atoms with Crippen molar-refractivity contribution in [3.63, 3.8) is 0 Å². The summed E-state index contributed by atoms with van der Waals surface area (Å²) in [4.78, 5) is 15.7. The second kappa shape index (κ2) is 6.99. The summed E-state index contributed by atoms with van der Waals surface area (Å²) >= 11 is 0. The molecule has 1 aromatic heterocycles. The van der Waals surface area contributed by atoms with Gasteiger partial charge in [-0.3, -0.25) is 4.79 Å². The van der Waals surface area contributed by atoms with Gasteiger partial charge in [0.2, 0.25) is 5.89 Å². The quantitative estimate of drug-likeness (QED) is 0.882. The topological polar surface area (TPSA) is 87.6 Å². The van der Waals surface area contributed by atoms with Crippen LogP contribution in [0.15, 0.2) is 46.7 Å². The molecule has 0 saturated heterocycles. The molecule has 1 amide bonds. The van der Waals surface area contributed by atoms with Crippen molar-refractivity contribution >= 4 is 5.91 Å². The summed E-state index contributed by atoms with van der Waals surface area (Å²) in [6.45, 7) is 0. The van der Waals surface area contributed by atoms with E-state index in [1.165, 1.54) is 26.4 Å². The van der Waals surface area contributed by atoms with Crippen molar-refractivity contribution in [2.24, 2.45) is 5.73 Å². The molecule has 0 aliphatic heterocycles. The molecule has 1 aliphatic carbocycles. The Balaban J connectivity index is 2.11. The van der Waals surface area contributed by atoms with E-state index in [9.17, 15) is 13.6 Å². The van der Waals surface area contributed by atoms with Crippen LogP contribution in [0.25, 0.3) is 11.3 Å². The summed E-state index contributed by atoms with van der Waals surface area (Å²) in [6, 6.07) is 4.75. The number of nitrogens with two attached hydrogens (primary N) is 1. The van der Waals surface area contributed by atoms with Crippen molar-refractivity contribution in [2.75, 3.05) is 14.2 Å². The fourth-order valence-corrected chi connectivity index (χ4v) is 2.68. The number of alkyl halides is 1. The zero-order chi connectivity index (χ0) is 18.8. The molecule has 2 atom stereocenters. The Kier molecular flexibility index (Phi) is 4.75. The normalized spacial score (nSPS) is 19.2. The molecule has 3 rings (SSSR count). The van der Waals surface area contributed by atoms with E-state index in [-0.39, 0.29) is 17.3 Å². The first-order valence-electron chi connectivity index (χ1n) is 7.67. The molecule has 136 valence electrons. The van der Waals surface area contributed by atoms with Gasteiger partial charge in [0.15, 0.2) is 23.0 Å². The first-order valence-corrected chi connectivity index (χ1v) is 7.67. The van der Waals surface area contributed by atoms with E-state index in [2.05, 4.69) is 4.98 Å². The van der Waals surface area contributed by atoms with E-state index in [0.717, 1.165) is 6.08 Å². The highest BCUT2D eigenvalue weighted by atomic mass is 19.1. The highest BCUT2D eigenvalue weighted by Crippen LogP contribution is 2.38. The number of rotatable bonds is 5. The summed E-state index contributed by atoms with van der Waals surface area (Å²) in [5.74, 6) is -2.42. The maximum Gasteiger partial charge on any atom is 0.271 e. The van der Waals surface area contributed by atoms with Gasteiger partial charge in [-0.2, -0.15) is 0 Å². The molecular formula is C18H16F2N2O4. The zero-order valence-corrected chi connectivity index (χ0v) is 14.0. The number of halogens is 2. The monoisotopic (exact) mass is 362 g/mol. The molecule has 8 heteroatoms. The Morgan fingerprint density at radius 3 is 2.62 bits per heavy atom. The number of methoxy groups -OCH3 is 2. The van der Waals surface area contributed by atoms with Crippen LogP contribution in [0.3, 0.4) is 0 Å². The molecule has 0 radical (unpaired) electrons. The van der Waals surface area contributed by atoms with Crippen molar-refractivity contribution in [1.29, 1.82) is 0 Å². The van der Waals surface area contributed by atoms with Gasteiger partial charge in [0, 0.05) is 5.56 Å². The Morgan fingerprint density at radius 1 is 1.27 bits per heavy atom. The lowest BCUT2D eigenvalue weighted by atomic mass is 9.97. The molecule has 2 aromatic rings. The van der Waals surface area contributed by atoms with Gasteiger partial charge in [-0.05, 0) is 30.4 Å². The van der Waals surface area contributed by atoms with Crippen molar-refractivity contribution in [3.05, 3.63) is 53.8 Å². The van der Waals surface area contributed by atoms with Gasteiger partial charge in [-0.25, -0.2) is 13.8 Å². The lowest BCUT2D eigenvalue weighted by Gasteiger charge is -2.16. The molecule has 0 fully saturated rings. The maximum absolute atomic E-state index is 14.1. The van der Waals surface area contributed by atoms with E-state index in [1.807, 2.05) is 0 Å². The number of hydrogen-bond acceptors (Lipinski definition) is 5. The van der Waals surface area contributed by atoms with Crippen LogP contribution >= 0.6 is 0 Å². The SMILES string of the molecule is COc1ccc(-c2oc(C3C(F)=CC=CC3F)nc2C(N)=O)cc1OC. The zero-order valence-electron chi connectivity index (χ0n) is 14.0. The van der Waals surface area contributed by atoms with Crippen molar-refractivity contribution < 1.29 is 27.5 Å². The molecular weight excluding hydrogens is 346 g/mol. The average Bonchev–Trinajstić information content (AvgIpc) is 3.06. The first-order chi connectivity index (χ1) is 12.5. The van der Waals surface area contributed by atoms with Crippen LogP contribution in [0.4, 0.5) is 8.78 Å². The molecule has 1 heterocycles. The van der Waals surface area contributed by atoms with Crippen molar-refractivity contribution in [3.8, 4) is 22.8 Å².